The molecule has 0 aliphatic heterocycles. The summed E-state index contributed by atoms with van der Waals surface area (Å²) in [5.41, 5.74) is 1.44. The van der Waals surface area contributed by atoms with Crippen LogP contribution in [0.4, 0.5) is 0 Å². The predicted molar refractivity (Wildman–Crippen MR) is 66.6 cm³/mol. The molecule has 1 aliphatic rings. The molecule has 0 spiro atoms. The van der Waals surface area contributed by atoms with Crippen LogP contribution in [0.15, 0.2) is 24.3 Å². The van der Waals surface area contributed by atoms with Gasteiger partial charge in [-0.05, 0) is 30.5 Å². The van der Waals surface area contributed by atoms with Gasteiger partial charge in [-0.15, -0.1) is 0 Å². The fourth-order valence-electron chi connectivity index (χ4n) is 2.64. The van der Waals surface area contributed by atoms with E-state index in [-0.39, 0.29) is 5.41 Å². The molecule has 17 heavy (non-hydrogen) atoms. The minimum atomic E-state index is 0.127. The number of methoxy groups -OCH3 is 3. The summed E-state index contributed by atoms with van der Waals surface area (Å²) in [6, 6.07) is 8.27. The summed E-state index contributed by atoms with van der Waals surface area (Å²) < 4.78 is 15.9. The minimum absolute atomic E-state index is 0.127. The van der Waals surface area contributed by atoms with E-state index in [0.717, 1.165) is 25.2 Å². The first-order valence-electron chi connectivity index (χ1n) is 5.90. The molecule has 0 atom stereocenters. The molecule has 3 heteroatoms. The van der Waals surface area contributed by atoms with Gasteiger partial charge in [0.15, 0.2) is 0 Å². The summed E-state index contributed by atoms with van der Waals surface area (Å²) >= 11 is 0. The summed E-state index contributed by atoms with van der Waals surface area (Å²) in [6.07, 6.45) is 2.43. The van der Waals surface area contributed by atoms with Crippen LogP contribution in [0.3, 0.4) is 0 Å². The Morgan fingerprint density at radius 1 is 1.12 bits per heavy atom. The van der Waals surface area contributed by atoms with Crippen LogP contribution < -0.4 is 4.74 Å². The molecule has 0 bridgehead atoms. The third kappa shape index (κ3) is 2.31. The van der Waals surface area contributed by atoms with Gasteiger partial charge in [0, 0.05) is 19.6 Å². The fraction of sp³-hybridized carbons (Fsp3) is 0.571. The lowest BCUT2D eigenvalue weighted by Gasteiger charge is -2.47. The van der Waals surface area contributed by atoms with Gasteiger partial charge in [-0.25, -0.2) is 0 Å². The predicted octanol–water partition coefficient (Wildman–Crippen LogP) is 2.39. The monoisotopic (exact) mass is 236 g/mol. The van der Waals surface area contributed by atoms with Crippen molar-refractivity contribution in [2.24, 2.45) is 0 Å². The first kappa shape index (κ1) is 12.4. The molecule has 1 fully saturated rings. The van der Waals surface area contributed by atoms with Crippen molar-refractivity contribution in [1.82, 2.24) is 0 Å². The third-order valence-electron chi connectivity index (χ3n) is 3.69. The summed E-state index contributed by atoms with van der Waals surface area (Å²) in [4.78, 5) is 0. The first-order chi connectivity index (χ1) is 8.24. The smallest absolute Gasteiger partial charge is 0.118 e. The Balaban J connectivity index is 2.16. The highest BCUT2D eigenvalue weighted by atomic mass is 16.5. The molecule has 0 N–H and O–H groups in total. The highest BCUT2D eigenvalue weighted by Gasteiger charge is 2.45. The lowest BCUT2D eigenvalue weighted by molar-refractivity contribution is -0.0482. The maximum absolute atomic E-state index is 5.37. The Labute approximate surface area is 103 Å². The van der Waals surface area contributed by atoms with Crippen LogP contribution in [0.25, 0.3) is 0 Å². The van der Waals surface area contributed by atoms with Gasteiger partial charge >= 0.3 is 0 Å². The van der Waals surface area contributed by atoms with Gasteiger partial charge in [-0.2, -0.15) is 0 Å². The zero-order chi connectivity index (χ0) is 12.3. The number of hydrogen-bond acceptors (Lipinski definition) is 3. The molecule has 0 saturated heterocycles. The van der Waals surface area contributed by atoms with E-state index < -0.39 is 0 Å². The number of ether oxygens (including phenoxy) is 3. The molecular formula is C14H20O3. The largest absolute Gasteiger partial charge is 0.497 e. The molecule has 0 aromatic heterocycles. The Kier molecular flexibility index (Phi) is 3.69. The van der Waals surface area contributed by atoms with Crippen molar-refractivity contribution in [1.29, 1.82) is 0 Å². The molecule has 1 saturated carbocycles. The minimum Gasteiger partial charge on any atom is -0.497 e. The normalized spacial score (nSPS) is 27.6. The lowest BCUT2D eigenvalue weighted by atomic mass is 9.63. The molecule has 1 aromatic rings. The zero-order valence-electron chi connectivity index (χ0n) is 10.7. The van der Waals surface area contributed by atoms with E-state index in [4.69, 9.17) is 14.2 Å². The molecule has 0 unspecified atom stereocenters. The fourth-order valence-corrected chi connectivity index (χ4v) is 2.64. The van der Waals surface area contributed by atoms with E-state index in [1.165, 1.54) is 5.56 Å². The van der Waals surface area contributed by atoms with Crippen molar-refractivity contribution in [3.05, 3.63) is 29.8 Å². The van der Waals surface area contributed by atoms with Crippen molar-refractivity contribution >= 4 is 0 Å². The number of hydrogen-bond donors (Lipinski definition) is 0. The van der Waals surface area contributed by atoms with Gasteiger partial charge < -0.3 is 14.2 Å². The molecule has 0 radical (unpaired) electrons. The SMILES string of the molecule is COCC1(c2ccc(OC)cc2)CC(OC)C1. The number of benzene rings is 1. The molecule has 1 aromatic carbocycles. The second-order valence-electron chi connectivity index (χ2n) is 4.71. The van der Waals surface area contributed by atoms with Gasteiger partial charge in [-0.1, -0.05) is 12.1 Å². The molecular weight excluding hydrogens is 216 g/mol. The van der Waals surface area contributed by atoms with Crippen LogP contribution in [-0.4, -0.2) is 34.0 Å². The van der Waals surface area contributed by atoms with Crippen LogP contribution in [-0.2, 0) is 14.9 Å². The van der Waals surface area contributed by atoms with Crippen molar-refractivity contribution in [2.75, 3.05) is 27.9 Å². The first-order valence-corrected chi connectivity index (χ1v) is 5.90. The van der Waals surface area contributed by atoms with Gasteiger partial charge in [-0.3, -0.25) is 0 Å². The Hall–Kier alpha value is -1.06. The average Bonchev–Trinajstić information content (AvgIpc) is 2.33. The van der Waals surface area contributed by atoms with Gasteiger partial charge in [0.25, 0.3) is 0 Å². The van der Waals surface area contributed by atoms with Gasteiger partial charge in [0.1, 0.15) is 5.75 Å². The van der Waals surface area contributed by atoms with E-state index in [9.17, 15) is 0 Å². The quantitative estimate of drug-likeness (QED) is 0.785. The van der Waals surface area contributed by atoms with Crippen LogP contribution in [0.2, 0.25) is 0 Å². The summed E-state index contributed by atoms with van der Waals surface area (Å²) in [5.74, 6) is 0.893. The molecule has 94 valence electrons. The van der Waals surface area contributed by atoms with Crippen molar-refractivity contribution in [3.63, 3.8) is 0 Å². The van der Waals surface area contributed by atoms with E-state index >= 15 is 0 Å². The maximum atomic E-state index is 5.37. The van der Waals surface area contributed by atoms with E-state index in [1.54, 1.807) is 21.3 Å². The Bertz CT molecular complexity index is 352. The average molecular weight is 236 g/mol. The van der Waals surface area contributed by atoms with Crippen molar-refractivity contribution in [2.45, 2.75) is 24.4 Å². The maximum Gasteiger partial charge on any atom is 0.118 e. The Morgan fingerprint density at radius 2 is 1.76 bits per heavy atom. The number of rotatable bonds is 5. The molecule has 3 nitrogen and oxygen atoms in total. The molecule has 0 heterocycles. The van der Waals surface area contributed by atoms with Crippen LogP contribution >= 0.6 is 0 Å². The second-order valence-corrected chi connectivity index (χ2v) is 4.71. The van der Waals surface area contributed by atoms with Crippen molar-refractivity contribution in [3.8, 4) is 5.75 Å². The van der Waals surface area contributed by atoms with E-state index in [2.05, 4.69) is 12.1 Å². The van der Waals surface area contributed by atoms with E-state index in [1.807, 2.05) is 12.1 Å². The highest BCUT2D eigenvalue weighted by molar-refractivity contribution is 5.35. The standard InChI is InChI=1S/C14H20O3/c1-15-10-14(8-13(9-14)17-3)11-4-6-12(16-2)7-5-11/h4-7,13H,8-10H2,1-3H3. The summed E-state index contributed by atoms with van der Waals surface area (Å²) in [6.45, 7) is 0.749. The third-order valence-corrected chi connectivity index (χ3v) is 3.69. The van der Waals surface area contributed by atoms with Crippen LogP contribution in [0.5, 0.6) is 5.75 Å². The molecule has 2 rings (SSSR count). The molecule has 1 aliphatic carbocycles. The second kappa shape index (κ2) is 5.07. The topological polar surface area (TPSA) is 27.7 Å². The van der Waals surface area contributed by atoms with Crippen LogP contribution in [0, 0.1) is 0 Å². The van der Waals surface area contributed by atoms with Crippen molar-refractivity contribution < 1.29 is 14.2 Å². The lowest BCUT2D eigenvalue weighted by Crippen LogP contribution is -2.48. The van der Waals surface area contributed by atoms with Gasteiger partial charge in [0.2, 0.25) is 0 Å². The van der Waals surface area contributed by atoms with Gasteiger partial charge in [0.05, 0.1) is 19.8 Å². The summed E-state index contributed by atoms with van der Waals surface area (Å²) in [7, 11) is 5.21. The van der Waals surface area contributed by atoms with E-state index in [0.29, 0.717) is 6.10 Å². The van der Waals surface area contributed by atoms with Crippen LogP contribution in [0.1, 0.15) is 18.4 Å². The highest BCUT2D eigenvalue weighted by Crippen LogP contribution is 2.45. The Morgan fingerprint density at radius 3 is 2.24 bits per heavy atom. The molecule has 0 amide bonds. The summed E-state index contributed by atoms with van der Waals surface area (Å²) in [5, 5.41) is 0. The zero-order valence-corrected chi connectivity index (χ0v) is 10.7.